The highest BCUT2D eigenvalue weighted by Gasteiger charge is 2.30. The molecule has 12 aromatic rings. The molecule has 0 saturated carbocycles. The molecule has 2 heterocycles. The lowest BCUT2D eigenvalue weighted by molar-refractivity contribution is 0.639. The van der Waals surface area contributed by atoms with Gasteiger partial charge in [0.25, 0.3) is 0 Å². The SMILES string of the molecule is CC(C)(c1cc(C#N)c(-n2c3ccc(-c4ccccc4)cc3c3cc(-c4ccccc4)ccc32)c(C#N)c1)c1cc(C#N)c(-n2c3ccc(-c4ccccc4)cc3c3cc(-c4ccccc4)ccc32)c(C#N)c1. The molecule has 0 atom stereocenters. The lowest BCUT2D eigenvalue weighted by atomic mass is 9.75. The Balaban J connectivity index is 1.02. The van der Waals surface area contributed by atoms with Gasteiger partial charge in [-0.05, 0) is 128 Å². The molecule has 6 nitrogen and oxygen atoms in total. The predicted molar refractivity (Wildman–Crippen MR) is 294 cm³/mol. The Bertz CT molecular complexity index is 3820. The largest absolute Gasteiger partial charge is 0.307 e. The highest BCUT2D eigenvalue weighted by atomic mass is 15.0. The van der Waals surface area contributed by atoms with E-state index in [2.05, 4.69) is 155 Å². The summed E-state index contributed by atoms with van der Waals surface area (Å²) in [6.45, 7) is 4.02. The molecule has 0 unspecified atom stereocenters. The first kappa shape index (κ1) is 44.0. The molecule has 340 valence electrons. The van der Waals surface area contributed by atoms with Gasteiger partial charge in [-0.1, -0.05) is 159 Å². The van der Waals surface area contributed by atoms with Gasteiger partial charge < -0.3 is 9.13 Å². The molecular formula is C67H42N6. The molecular weight excluding hydrogens is 889 g/mol. The van der Waals surface area contributed by atoms with Crippen LogP contribution < -0.4 is 0 Å². The Morgan fingerprint density at radius 2 is 0.521 bits per heavy atom. The molecule has 6 heteroatoms. The molecule has 10 aromatic carbocycles. The average molecular weight is 931 g/mol. The van der Waals surface area contributed by atoms with E-state index < -0.39 is 5.41 Å². The molecule has 0 aliphatic heterocycles. The van der Waals surface area contributed by atoms with Crippen LogP contribution in [0.25, 0.3) is 99.5 Å². The van der Waals surface area contributed by atoms with Gasteiger partial charge in [-0.15, -0.1) is 0 Å². The van der Waals surface area contributed by atoms with Crippen molar-refractivity contribution in [3.05, 3.63) is 252 Å². The van der Waals surface area contributed by atoms with E-state index in [1.165, 1.54) is 0 Å². The second-order valence-corrected chi connectivity index (χ2v) is 19.0. The summed E-state index contributed by atoms with van der Waals surface area (Å²) in [5.41, 5.74) is 14.9. The molecule has 0 fully saturated rings. The van der Waals surface area contributed by atoms with Gasteiger partial charge in [-0.3, -0.25) is 0 Å². The molecule has 2 aromatic heterocycles. The molecule has 0 radical (unpaired) electrons. The fraction of sp³-hybridized carbons (Fsp3) is 0.0448. The molecule has 12 rings (SSSR count). The van der Waals surface area contributed by atoms with Gasteiger partial charge in [0.05, 0.1) is 55.7 Å². The summed E-state index contributed by atoms with van der Waals surface area (Å²) in [6, 6.07) is 83.9. The smallest absolute Gasteiger partial charge is 0.101 e. The van der Waals surface area contributed by atoms with Crippen LogP contribution >= 0.6 is 0 Å². The van der Waals surface area contributed by atoms with Crippen molar-refractivity contribution in [1.29, 1.82) is 21.0 Å². The molecule has 73 heavy (non-hydrogen) atoms. The predicted octanol–water partition coefficient (Wildman–Crippen LogP) is 16.4. The maximum Gasteiger partial charge on any atom is 0.101 e. The fourth-order valence-electron chi connectivity index (χ4n) is 10.7. The van der Waals surface area contributed by atoms with Crippen LogP contribution in [0.15, 0.2) is 218 Å². The van der Waals surface area contributed by atoms with Crippen molar-refractivity contribution in [3.8, 4) is 80.2 Å². The molecule has 0 bridgehead atoms. The van der Waals surface area contributed by atoms with E-state index in [4.69, 9.17) is 0 Å². The number of aromatic nitrogens is 2. The topological polar surface area (TPSA) is 105 Å². The minimum atomic E-state index is -0.878. The van der Waals surface area contributed by atoms with Crippen molar-refractivity contribution in [3.63, 3.8) is 0 Å². The summed E-state index contributed by atoms with van der Waals surface area (Å²) in [6.07, 6.45) is 0. The van der Waals surface area contributed by atoms with Gasteiger partial charge in [0.1, 0.15) is 24.3 Å². The second kappa shape index (κ2) is 17.6. The van der Waals surface area contributed by atoms with Crippen molar-refractivity contribution < 1.29 is 0 Å². The van der Waals surface area contributed by atoms with E-state index in [9.17, 15) is 21.0 Å². The van der Waals surface area contributed by atoms with Crippen molar-refractivity contribution >= 4 is 43.6 Å². The highest BCUT2D eigenvalue weighted by molar-refractivity contribution is 6.13. The minimum Gasteiger partial charge on any atom is -0.307 e. The van der Waals surface area contributed by atoms with Gasteiger partial charge in [0, 0.05) is 27.0 Å². The fourth-order valence-corrected chi connectivity index (χ4v) is 10.7. The normalized spacial score (nSPS) is 11.4. The monoisotopic (exact) mass is 930 g/mol. The maximum atomic E-state index is 11.1. The number of nitrogens with zero attached hydrogens (tertiary/aromatic N) is 6. The van der Waals surface area contributed by atoms with Crippen molar-refractivity contribution in [2.24, 2.45) is 0 Å². The zero-order valence-corrected chi connectivity index (χ0v) is 40.0. The third kappa shape index (κ3) is 7.31. The Morgan fingerprint density at radius 1 is 0.288 bits per heavy atom. The van der Waals surface area contributed by atoms with Crippen molar-refractivity contribution in [1.82, 2.24) is 9.13 Å². The van der Waals surface area contributed by atoms with Crippen LogP contribution in [0.4, 0.5) is 0 Å². The zero-order chi connectivity index (χ0) is 49.8. The van der Waals surface area contributed by atoms with Gasteiger partial charge in [-0.2, -0.15) is 21.0 Å². The number of rotatable bonds is 8. The Morgan fingerprint density at radius 3 is 0.740 bits per heavy atom. The summed E-state index contributed by atoms with van der Waals surface area (Å²) < 4.78 is 4.10. The lowest BCUT2D eigenvalue weighted by Gasteiger charge is -2.28. The van der Waals surface area contributed by atoms with Crippen molar-refractivity contribution in [2.45, 2.75) is 19.3 Å². The first-order chi connectivity index (χ1) is 35.8. The summed E-state index contributed by atoms with van der Waals surface area (Å²) >= 11 is 0. The van der Waals surface area contributed by atoms with Gasteiger partial charge in [0.2, 0.25) is 0 Å². The van der Waals surface area contributed by atoms with Crippen LogP contribution in [0.5, 0.6) is 0 Å². The van der Waals surface area contributed by atoms with Crippen LogP contribution in [0.3, 0.4) is 0 Å². The van der Waals surface area contributed by atoms with E-state index >= 15 is 0 Å². The first-order valence-electron chi connectivity index (χ1n) is 24.1. The highest BCUT2D eigenvalue weighted by Crippen LogP contribution is 2.44. The van der Waals surface area contributed by atoms with Crippen LogP contribution in [0.2, 0.25) is 0 Å². The second-order valence-electron chi connectivity index (χ2n) is 19.0. The molecule has 0 spiro atoms. The Labute approximate surface area is 423 Å². The Kier molecular flexibility index (Phi) is 10.6. The van der Waals surface area contributed by atoms with E-state index in [1.54, 1.807) is 0 Å². The maximum absolute atomic E-state index is 11.1. The quantitative estimate of drug-likeness (QED) is 0.151. The Hall–Kier alpha value is -10.2. The van der Waals surface area contributed by atoms with E-state index in [1.807, 2.05) is 111 Å². The van der Waals surface area contributed by atoms with E-state index in [0.29, 0.717) is 44.8 Å². The summed E-state index contributed by atoms with van der Waals surface area (Å²) in [7, 11) is 0. The van der Waals surface area contributed by atoms with Crippen LogP contribution in [0, 0.1) is 45.3 Å². The third-order valence-electron chi connectivity index (χ3n) is 14.6. The molecule has 0 amide bonds. The lowest BCUT2D eigenvalue weighted by Crippen LogP contribution is -2.21. The minimum absolute atomic E-state index is 0.327. The molecule has 0 N–H and O–H groups in total. The molecule has 0 aliphatic carbocycles. The van der Waals surface area contributed by atoms with E-state index in [-0.39, 0.29) is 0 Å². The van der Waals surface area contributed by atoms with Gasteiger partial charge in [0.15, 0.2) is 0 Å². The van der Waals surface area contributed by atoms with Crippen LogP contribution in [-0.2, 0) is 5.41 Å². The summed E-state index contributed by atoms with van der Waals surface area (Å²) in [5.74, 6) is 0. The number of hydrogen-bond donors (Lipinski definition) is 0. The van der Waals surface area contributed by atoms with Crippen LogP contribution in [0.1, 0.15) is 47.2 Å². The number of fused-ring (bicyclic) bond motifs is 6. The third-order valence-corrected chi connectivity index (χ3v) is 14.6. The molecule has 0 saturated heterocycles. The number of hydrogen-bond acceptors (Lipinski definition) is 4. The van der Waals surface area contributed by atoms with E-state index in [0.717, 1.165) is 88.1 Å². The summed E-state index contributed by atoms with van der Waals surface area (Å²) in [4.78, 5) is 0. The zero-order valence-electron chi connectivity index (χ0n) is 40.0. The first-order valence-corrected chi connectivity index (χ1v) is 24.1. The molecule has 0 aliphatic rings. The van der Waals surface area contributed by atoms with Crippen molar-refractivity contribution in [2.75, 3.05) is 0 Å². The number of benzene rings is 10. The summed E-state index contributed by atoms with van der Waals surface area (Å²) in [5, 5.41) is 48.4. The average Bonchev–Trinajstić information content (AvgIpc) is 3.95. The number of nitriles is 4. The van der Waals surface area contributed by atoms with Gasteiger partial charge in [-0.25, -0.2) is 0 Å². The standard InChI is InChI=1S/C67H42N6/c1-67(2,55-31-51(39-68)65(52(32-55)40-69)72-61-27-23-47(43-15-7-3-8-16-43)35-57(61)58-36-48(24-28-62(58)72)44-17-9-4-10-18-44)56-33-53(41-70)66(54(34-56)42-71)73-63-29-25-49(45-19-11-5-12-20-45)37-59(63)60-38-50(26-30-64(60)73)46-21-13-6-14-22-46/h3-38H,1-2H3. The van der Waals surface area contributed by atoms with Gasteiger partial charge >= 0.3 is 0 Å². The van der Waals surface area contributed by atoms with Crippen LogP contribution in [-0.4, -0.2) is 9.13 Å².